The van der Waals surface area contributed by atoms with Crippen molar-refractivity contribution in [2.75, 3.05) is 19.6 Å². The van der Waals surface area contributed by atoms with Gasteiger partial charge in [-0.15, -0.1) is 0 Å². The van der Waals surface area contributed by atoms with Gasteiger partial charge in [0, 0.05) is 25.2 Å². The summed E-state index contributed by atoms with van der Waals surface area (Å²) >= 11 is 0. The fourth-order valence-corrected chi connectivity index (χ4v) is 3.45. The summed E-state index contributed by atoms with van der Waals surface area (Å²) in [4.78, 5) is 14.0. The normalized spacial score (nSPS) is 30.5. The molecule has 2 fully saturated rings. The maximum Gasteiger partial charge on any atom is 0.410 e. The Morgan fingerprint density at radius 3 is 2.71 bits per heavy atom. The molecule has 0 aromatic carbocycles. The number of nitrogens with zero attached hydrogens (tertiary/aromatic N) is 1. The van der Waals surface area contributed by atoms with Crippen LogP contribution in [0.2, 0.25) is 0 Å². The summed E-state index contributed by atoms with van der Waals surface area (Å²) in [6, 6.07) is 0.905. The summed E-state index contributed by atoms with van der Waals surface area (Å²) < 4.78 is 5.48. The van der Waals surface area contributed by atoms with Crippen LogP contribution in [0, 0.1) is 5.92 Å². The predicted molar refractivity (Wildman–Crippen MR) is 84.1 cm³/mol. The number of nitrogens with two attached hydrogens (primary N) is 1. The van der Waals surface area contributed by atoms with Crippen molar-refractivity contribution in [3.63, 3.8) is 0 Å². The summed E-state index contributed by atoms with van der Waals surface area (Å²) in [5.74, 6) is 0.599. The third-order valence-electron chi connectivity index (χ3n) is 4.48. The lowest BCUT2D eigenvalue weighted by molar-refractivity contribution is 0.0181. The number of nitrogens with one attached hydrogen (secondary N) is 1. The van der Waals surface area contributed by atoms with Gasteiger partial charge in [-0.1, -0.05) is 6.42 Å². The number of ether oxygens (including phenoxy) is 1. The van der Waals surface area contributed by atoms with Crippen LogP contribution in [0.3, 0.4) is 0 Å². The number of piperidine rings is 1. The van der Waals surface area contributed by atoms with E-state index in [0.717, 1.165) is 32.5 Å². The highest BCUT2D eigenvalue weighted by Crippen LogP contribution is 2.26. The minimum atomic E-state index is -0.423. The Morgan fingerprint density at radius 2 is 2.05 bits per heavy atom. The highest BCUT2D eigenvalue weighted by Gasteiger charge is 2.32. The first-order valence-electron chi connectivity index (χ1n) is 8.33. The predicted octanol–water partition coefficient (Wildman–Crippen LogP) is 2.10. The zero-order valence-electron chi connectivity index (χ0n) is 13.7. The van der Waals surface area contributed by atoms with E-state index in [2.05, 4.69) is 5.32 Å². The fourth-order valence-electron chi connectivity index (χ4n) is 3.45. The smallest absolute Gasteiger partial charge is 0.410 e. The summed E-state index contributed by atoms with van der Waals surface area (Å²) in [7, 11) is 0. The van der Waals surface area contributed by atoms with Gasteiger partial charge in [0.15, 0.2) is 0 Å². The molecule has 3 N–H and O–H groups in total. The third-order valence-corrected chi connectivity index (χ3v) is 4.48. The molecule has 0 bridgehead atoms. The van der Waals surface area contributed by atoms with Crippen molar-refractivity contribution >= 4 is 6.09 Å². The second kappa shape index (κ2) is 6.97. The molecule has 5 nitrogen and oxygen atoms in total. The van der Waals surface area contributed by atoms with E-state index >= 15 is 0 Å². The van der Waals surface area contributed by atoms with Crippen LogP contribution in [-0.2, 0) is 4.74 Å². The summed E-state index contributed by atoms with van der Waals surface area (Å²) in [5, 5.41) is 3.74. The largest absolute Gasteiger partial charge is 0.444 e. The fraction of sp³-hybridized carbons (Fsp3) is 0.938. The van der Waals surface area contributed by atoms with E-state index in [1.807, 2.05) is 25.7 Å². The Kier molecular flexibility index (Phi) is 5.49. The molecule has 0 radical (unpaired) electrons. The van der Waals surface area contributed by atoms with Crippen LogP contribution in [0.15, 0.2) is 0 Å². The highest BCUT2D eigenvalue weighted by molar-refractivity contribution is 5.68. The first-order chi connectivity index (χ1) is 9.89. The molecule has 1 heterocycles. The maximum absolute atomic E-state index is 12.2. The Hall–Kier alpha value is -0.810. The molecular weight excluding hydrogens is 266 g/mol. The molecule has 0 aromatic rings. The molecule has 5 heteroatoms. The van der Waals surface area contributed by atoms with E-state index in [1.165, 1.54) is 19.3 Å². The number of hydrogen-bond donors (Lipinski definition) is 2. The van der Waals surface area contributed by atoms with Crippen LogP contribution in [0.1, 0.15) is 52.9 Å². The van der Waals surface area contributed by atoms with Crippen LogP contribution in [0.5, 0.6) is 0 Å². The lowest BCUT2D eigenvalue weighted by atomic mass is 10.00. The van der Waals surface area contributed by atoms with E-state index in [1.54, 1.807) is 0 Å². The number of amides is 1. The standard InChI is InChI=1S/C16H31N3O2/c1-16(2,3)21-15(20)19-9-5-7-13(11-19)18-14-8-4-6-12(14)10-17/h12-14,18H,4-11,17H2,1-3H3. The summed E-state index contributed by atoms with van der Waals surface area (Å²) in [6.07, 6.45) is 5.70. The molecule has 1 aliphatic heterocycles. The van der Waals surface area contributed by atoms with Gasteiger partial charge in [0.25, 0.3) is 0 Å². The van der Waals surface area contributed by atoms with Gasteiger partial charge in [0.05, 0.1) is 0 Å². The van der Waals surface area contributed by atoms with Crippen molar-refractivity contribution < 1.29 is 9.53 Å². The molecule has 21 heavy (non-hydrogen) atoms. The van der Waals surface area contributed by atoms with Gasteiger partial charge in [-0.2, -0.15) is 0 Å². The lowest BCUT2D eigenvalue weighted by Crippen LogP contribution is -2.52. The van der Waals surface area contributed by atoms with E-state index in [9.17, 15) is 4.79 Å². The lowest BCUT2D eigenvalue weighted by Gasteiger charge is -2.36. The van der Waals surface area contributed by atoms with E-state index < -0.39 is 5.60 Å². The van der Waals surface area contributed by atoms with Gasteiger partial charge in [0.2, 0.25) is 0 Å². The molecule has 1 amide bonds. The van der Waals surface area contributed by atoms with Crippen molar-refractivity contribution in [2.45, 2.75) is 70.6 Å². The molecule has 3 atom stereocenters. The zero-order chi connectivity index (χ0) is 15.5. The molecule has 1 saturated heterocycles. The van der Waals surface area contributed by atoms with Gasteiger partial charge < -0.3 is 20.7 Å². The Labute approximate surface area is 128 Å². The molecule has 3 unspecified atom stereocenters. The third kappa shape index (κ3) is 4.85. The number of carbonyl (C=O) groups excluding carboxylic acids is 1. The van der Waals surface area contributed by atoms with Gasteiger partial charge in [0.1, 0.15) is 5.60 Å². The van der Waals surface area contributed by atoms with Crippen LogP contribution >= 0.6 is 0 Å². The summed E-state index contributed by atoms with van der Waals surface area (Å²) in [6.45, 7) is 8.06. The molecule has 0 spiro atoms. The Balaban J connectivity index is 1.84. The van der Waals surface area contributed by atoms with Gasteiger partial charge >= 0.3 is 6.09 Å². The van der Waals surface area contributed by atoms with Gasteiger partial charge in [-0.3, -0.25) is 0 Å². The average molecular weight is 297 g/mol. The molecular formula is C16H31N3O2. The van der Waals surface area contributed by atoms with Crippen LogP contribution in [0.4, 0.5) is 4.79 Å². The monoisotopic (exact) mass is 297 g/mol. The number of likely N-dealkylation sites (tertiary alicyclic amines) is 1. The Bertz CT molecular complexity index is 354. The van der Waals surface area contributed by atoms with Gasteiger partial charge in [-0.25, -0.2) is 4.79 Å². The first-order valence-corrected chi connectivity index (χ1v) is 8.33. The average Bonchev–Trinajstić information content (AvgIpc) is 2.84. The van der Waals surface area contributed by atoms with E-state index in [4.69, 9.17) is 10.5 Å². The minimum absolute atomic E-state index is 0.184. The highest BCUT2D eigenvalue weighted by atomic mass is 16.6. The van der Waals surface area contributed by atoms with E-state index in [-0.39, 0.29) is 6.09 Å². The number of rotatable bonds is 3. The van der Waals surface area contributed by atoms with Crippen molar-refractivity contribution in [1.82, 2.24) is 10.2 Å². The number of carbonyl (C=O) groups is 1. The molecule has 122 valence electrons. The van der Waals surface area contributed by atoms with Crippen molar-refractivity contribution in [3.05, 3.63) is 0 Å². The first kappa shape index (κ1) is 16.6. The second-order valence-corrected chi connectivity index (χ2v) is 7.47. The maximum atomic E-state index is 12.2. The molecule has 1 saturated carbocycles. The molecule has 2 rings (SSSR count). The summed E-state index contributed by atoms with van der Waals surface area (Å²) in [5.41, 5.74) is 5.43. The molecule has 0 aromatic heterocycles. The quantitative estimate of drug-likeness (QED) is 0.837. The number of hydrogen-bond acceptors (Lipinski definition) is 4. The van der Waals surface area contributed by atoms with Crippen LogP contribution in [-0.4, -0.2) is 48.3 Å². The van der Waals surface area contributed by atoms with Crippen LogP contribution < -0.4 is 11.1 Å². The SMILES string of the molecule is CC(C)(C)OC(=O)N1CCCC(NC2CCCC2CN)C1. The minimum Gasteiger partial charge on any atom is -0.444 e. The van der Waals surface area contributed by atoms with Crippen LogP contribution in [0.25, 0.3) is 0 Å². The zero-order valence-corrected chi connectivity index (χ0v) is 13.7. The topological polar surface area (TPSA) is 67.6 Å². The molecule has 2 aliphatic rings. The Morgan fingerprint density at radius 1 is 1.29 bits per heavy atom. The van der Waals surface area contributed by atoms with Crippen molar-refractivity contribution in [1.29, 1.82) is 0 Å². The van der Waals surface area contributed by atoms with Crippen molar-refractivity contribution in [2.24, 2.45) is 11.7 Å². The van der Waals surface area contributed by atoms with Crippen molar-refractivity contribution in [3.8, 4) is 0 Å². The molecule has 1 aliphatic carbocycles. The van der Waals surface area contributed by atoms with E-state index in [0.29, 0.717) is 18.0 Å². The van der Waals surface area contributed by atoms with Gasteiger partial charge in [-0.05, 0) is 58.9 Å². The second-order valence-electron chi connectivity index (χ2n) is 7.47.